The molecule has 88 valence electrons. The molecule has 5 heteroatoms. The predicted molar refractivity (Wildman–Crippen MR) is 65.0 cm³/mol. The number of anilines is 1. The number of hydrogen-bond acceptors (Lipinski definition) is 3. The first kappa shape index (κ1) is 11.3. The molecule has 0 atom stereocenters. The van der Waals surface area contributed by atoms with Crippen molar-refractivity contribution in [3.63, 3.8) is 0 Å². The number of rotatable bonds is 2. The molecule has 0 saturated heterocycles. The summed E-state index contributed by atoms with van der Waals surface area (Å²) in [5, 5.41) is 9.20. The fourth-order valence-electron chi connectivity index (χ4n) is 1.56. The van der Waals surface area contributed by atoms with E-state index in [0.717, 1.165) is 11.1 Å². The summed E-state index contributed by atoms with van der Waals surface area (Å²) in [5.41, 5.74) is 2.70. The topological polar surface area (TPSA) is 70.7 Å². The number of aryl methyl sites for hydroxylation is 2. The molecule has 1 aromatic carbocycles. The highest BCUT2D eigenvalue weighted by Crippen LogP contribution is 2.13. The first-order valence-corrected chi connectivity index (χ1v) is 5.34. The molecule has 5 nitrogen and oxygen atoms in total. The number of benzene rings is 1. The minimum Gasteiger partial charge on any atom is -0.289 e. The molecule has 0 aliphatic rings. The molecule has 0 saturated carbocycles. The van der Waals surface area contributed by atoms with Gasteiger partial charge in [0.2, 0.25) is 5.95 Å². The Morgan fingerprint density at radius 2 is 2.06 bits per heavy atom. The fraction of sp³-hybridized carbons (Fsp3) is 0.250. The van der Waals surface area contributed by atoms with Gasteiger partial charge in [-0.05, 0) is 38.0 Å². The van der Waals surface area contributed by atoms with Gasteiger partial charge in [0, 0.05) is 5.56 Å². The summed E-state index contributed by atoms with van der Waals surface area (Å²) in [5.74, 6) is 0.778. The second-order valence-electron chi connectivity index (χ2n) is 3.95. The number of aromatic nitrogens is 3. The van der Waals surface area contributed by atoms with Gasteiger partial charge in [-0.3, -0.25) is 15.2 Å². The highest BCUT2D eigenvalue weighted by molar-refractivity contribution is 6.04. The van der Waals surface area contributed by atoms with Crippen LogP contribution in [0.15, 0.2) is 18.2 Å². The summed E-state index contributed by atoms with van der Waals surface area (Å²) in [6, 6.07) is 5.63. The van der Waals surface area contributed by atoms with Crippen LogP contribution < -0.4 is 5.32 Å². The molecule has 0 radical (unpaired) electrons. The Morgan fingerprint density at radius 1 is 1.29 bits per heavy atom. The Kier molecular flexibility index (Phi) is 2.91. The van der Waals surface area contributed by atoms with Crippen molar-refractivity contribution >= 4 is 11.9 Å². The van der Waals surface area contributed by atoms with E-state index in [0.29, 0.717) is 17.3 Å². The van der Waals surface area contributed by atoms with Crippen molar-refractivity contribution in [3.05, 3.63) is 40.7 Å². The van der Waals surface area contributed by atoms with Crippen molar-refractivity contribution in [1.82, 2.24) is 15.2 Å². The quantitative estimate of drug-likeness (QED) is 0.828. The summed E-state index contributed by atoms with van der Waals surface area (Å²) in [7, 11) is 0. The summed E-state index contributed by atoms with van der Waals surface area (Å²) in [4.78, 5) is 16.0. The first-order chi connectivity index (χ1) is 8.08. The van der Waals surface area contributed by atoms with Crippen molar-refractivity contribution in [3.8, 4) is 0 Å². The lowest BCUT2D eigenvalue weighted by molar-refractivity contribution is 0.102. The van der Waals surface area contributed by atoms with Crippen LogP contribution in [0.1, 0.15) is 27.3 Å². The molecule has 0 unspecified atom stereocenters. The number of hydrogen-bond donors (Lipinski definition) is 2. The zero-order valence-corrected chi connectivity index (χ0v) is 10.0. The summed E-state index contributed by atoms with van der Waals surface area (Å²) in [6.07, 6.45) is 0. The van der Waals surface area contributed by atoms with E-state index in [1.165, 1.54) is 0 Å². The van der Waals surface area contributed by atoms with E-state index in [1.54, 1.807) is 13.0 Å². The maximum absolute atomic E-state index is 12.0. The van der Waals surface area contributed by atoms with E-state index in [9.17, 15) is 4.79 Å². The zero-order chi connectivity index (χ0) is 12.4. The van der Waals surface area contributed by atoms with Gasteiger partial charge in [0.05, 0.1) is 0 Å². The maximum Gasteiger partial charge on any atom is 0.258 e. The van der Waals surface area contributed by atoms with Crippen molar-refractivity contribution in [2.24, 2.45) is 0 Å². The van der Waals surface area contributed by atoms with E-state index in [2.05, 4.69) is 20.5 Å². The number of nitrogens with one attached hydrogen (secondary N) is 2. The molecule has 17 heavy (non-hydrogen) atoms. The highest BCUT2D eigenvalue weighted by atomic mass is 16.1. The van der Waals surface area contributed by atoms with Gasteiger partial charge in [-0.15, -0.1) is 5.10 Å². The number of carbonyl (C=O) groups excluding carboxylic acids is 1. The number of amides is 1. The molecule has 1 amide bonds. The molecule has 0 spiro atoms. The largest absolute Gasteiger partial charge is 0.289 e. The van der Waals surface area contributed by atoms with Crippen LogP contribution in [-0.2, 0) is 0 Å². The zero-order valence-electron chi connectivity index (χ0n) is 10.0. The van der Waals surface area contributed by atoms with E-state index in [1.807, 2.05) is 26.0 Å². The normalized spacial score (nSPS) is 10.3. The average Bonchev–Trinajstić information content (AvgIpc) is 2.68. The molecule has 1 heterocycles. The Hall–Kier alpha value is -2.17. The van der Waals surface area contributed by atoms with E-state index >= 15 is 0 Å². The molecule has 0 fully saturated rings. The van der Waals surface area contributed by atoms with Crippen molar-refractivity contribution < 1.29 is 4.79 Å². The van der Waals surface area contributed by atoms with Crippen LogP contribution in [0.3, 0.4) is 0 Å². The van der Waals surface area contributed by atoms with Gasteiger partial charge in [0.25, 0.3) is 5.91 Å². The van der Waals surface area contributed by atoms with Crippen molar-refractivity contribution in [2.75, 3.05) is 5.32 Å². The Balaban J connectivity index is 2.23. The van der Waals surface area contributed by atoms with Gasteiger partial charge in [-0.1, -0.05) is 12.1 Å². The second kappa shape index (κ2) is 4.37. The lowest BCUT2D eigenvalue weighted by atomic mass is 10.0. The molecule has 0 bridgehead atoms. The number of aromatic amines is 1. The van der Waals surface area contributed by atoms with Crippen LogP contribution in [0.4, 0.5) is 5.95 Å². The van der Waals surface area contributed by atoms with Crippen LogP contribution in [-0.4, -0.2) is 21.1 Å². The Labute approximate surface area is 99.3 Å². The van der Waals surface area contributed by atoms with Crippen LogP contribution in [0.2, 0.25) is 0 Å². The monoisotopic (exact) mass is 230 g/mol. The van der Waals surface area contributed by atoms with Gasteiger partial charge < -0.3 is 0 Å². The molecule has 1 aromatic heterocycles. The fourth-order valence-corrected chi connectivity index (χ4v) is 1.56. The summed E-state index contributed by atoms with van der Waals surface area (Å²) >= 11 is 0. The van der Waals surface area contributed by atoms with Gasteiger partial charge in [-0.25, -0.2) is 0 Å². The Bertz CT molecular complexity index is 559. The van der Waals surface area contributed by atoms with Crippen molar-refractivity contribution in [1.29, 1.82) is 0 Å². The standard InChI is InChI=1S/C12H14N4O/c1-7-5-4-6-10(8(7)2)11(17)14-12-13-9(3)15-16-12/h4-6H,1-3H3,(H2,13,14,15,16,17). The molecule has 0 aliphatic heterocycles. The number of H-pyrrole nitrogens is 1. The minimum absolute atomic E-state index is 0.190. The molecule has 2 aromatic rings. The highest BCUT2D eigenvalue weighted by Gasteiger charge is 2.12. The lowest BCUT2D eigenvalue weighted by Gasteiger charge is -2.07. The number of nitrogens with zero attached hydrogens (tertiary/aromatic N) is 2. The third-order valence-corrected chi connectivity index (χ3v) is 2.67. The van der Waals surface area contributed by atoms with Crippen LogP contribution in [0, 0.1) is 20.8 Å². The van der Waals surface area contributed by atoms with Gasteiger partial charge in [-0.2, -0.15) is 4.98 Å². The van der Waals surface area contributed by atoms with Crippen LogP contribution in [0.25, 0.3) is 0 Å². The van der Waals surface area contributed by atoms with Gasteiger partial charge in [0.1, 0.15) is 5.82 Å². The smallest absolute Gasteiger partial charge is 0.258 e. The van der Waals surface area contributed by atoms with Crippen LogP contribution >= 0.6 is 0 Å². The number of carbonyl (C=O) groups is 1. The third kappa shape index (κ3) is 2.33. The maximum atomic E-state index is 12.0. The minimum atomic E-state index is -0.190. The Morgan fingerprint density at radius 3 is 2.71 bits per heavy atom. The average molecular weight is 230 g/mol. The molecule has 2 rings (SSSR count). The van der Waals surface area contributed by atoms with Crippen molar-refractivity contribution in [2.45, 2.75) is 20.8 Å². The molecular weight excluding hydrogens is 216 g/mol. The SMILES string of the molecule is Cc1nc(NC(=O)c2cccc(C)c2C)n[nH]1. The summed E-state index contributed by atoms with van der Waals surface area (Å²) in [6.45, 7) is 5.68. The van der Waals surface area contributed by atoms with E-state index < -0.39 is 0 Å². The van der Waals surface area contributed by atoms with Gasteiger partial charge >= 0.3 is 0 Å². The van der Waals surface area contributed by atoms with E-state index in [-0.39, 0.29) is 5.91 Å². The molecule has 2 N–H and O–H groups in total. The van der Waals surface area contributed by atoms with Crippen LogP contribution in [0.5, 0.6) is 0 Å². The summed E-state index contributed by atoms with van der Waals surface area (Å²) < 4.78 is 0. The second-order valence-corrected chi connectivity index (χ2v) is 3.95. The molecule has 0 aliphatic carbocycles. The molecular formula is C12H14N4O. The predicted octanol–water partition coefficient (Wildman–Crippen LogP) is 1.98. The third-order valence-electron chi connectivity index (χ3n) is 2.67. The van der Waals surface area contributed by atoms with Gasteiger partial charge in [0.15, 0.2) is 0 Å². The lowest BCUT2D eigenvalue weighted by Crippen LogP contribution is -2.14. The van der Waals surface area contributed by atoms with E-state index in [4.69, 9.17) is 0 Å². The first-order valence-electron chi connectivity index (χ1n) is 5.34.